The number of nitrogens with one attached hydrogen (secondary N) is 1. The van der Waals surface area contributed by atoms with Gasteiger partial charge in [-0.05, 0) is 44.2 Å². The maximum atomic E-state index is 13.2. The summed E-state index contributed by atoms with van der Waals surface area (Å²) in [7, 11) is 0. The number of amides is 1. The number of H-pyrrole nitrogens is 1. The van der Waals surface area contributed by atoms with Gasteiger partial charge in [-0.3, -0.25) is 14.4 Å². The van der Waals surface area contributed by atoms with Gasteiger partial charge in [-0.25, -0.2) is 0 Å². The van der Waals surface area contributed by atoms with E-state index in [1.807, 2.05) is 35.2 Å². The van der Waals surface area contributed by atoms with Crippen LogP contribution in [0.5, 0.6) is 0 Å². The van der Waals surface area contributed by atoms with Gasteiger partial charge in [0.05, 0.1) is 12.0 Å². The SMILES string of the molecule is CCOC(=O)[C@@]1(Cc2ccccc2)C[C@H]2CC[C@@H]1N2C(=O)c1cc[nH]c(=O)c1. The number of pyridine rings is 1. The highest BCUT2D eigenvalue weighted by Gasteiger charge is 2.61. The molecule has 1 amide bonds. The van der Waals surface area contributed by atoms with Crippen LogP contribution >= 0.6 is 0 Å². The van der Waals surface area contributed by atoms with Gasteiger partial charge in [0.1, 0.15) is 0 Å². The minimum absolute atomic E-state index is 0.00935. The second kappa shape index (κ2) is 7.26. The number of carbonyl (C=O) groups is 2. The Labute approximate surface area is 163 Å². The molecule has 6 nitrogen and oxygen atoms in total. The lowest BCUT2D eigenvalue weighted by Gasteiger charge is -2.35. The maximum Gasteiger partial charge on any atom is 0.314 e. The topological polar surface area (TPSA) is 79.5 Å². The standard InChI is InChI=1S/C22H24N2O4/c1-2-28-21(27)22(13-15-6-4-3-5-7-15)14-17-8-9-18(22)24(17)20(26)16-10-11-23-19(25)12-16/h3-7,10-12,17-18H,2,8-9,13-14H2,1H3,(H,23,25)/t17-,18+,22+/m1/s1. The average Bonchev–Trinajstić information content (AvgIpc) is 3.25. The maximum absolute atomic E-state index is 13.2. The quantitative estimate of drug-likeness (QED) is 0.809. The molecule has 1 N–H and O–H groups in total. The number of hydrogen-bond acceptors (Lipinski definition) is 4. The van der Waals surface area contributed by atoms with Crippen LogP contribution in [0.3, 0.4) is 0 Å². The number of aromatic nitrogens is 1. The van der Waals surface area contributed by atoms with Crippen molar-refractivity contribution in [1.29, 1.82) is 0 Å². The van der Waals surface area contributed by atoms with Crippen LogP contribution in [-0.4, -0.2) is 40.5 Å². The molecule has 2 fully saturated rings. The zero-order chi connectivity index (χ0) is 19.7. The third-order valence-electron chi connectivity index (χ3n) is 6.04. The fourth-order valence-electron chi connectivity index (χ4n) is 4.93. The molecule has 2 bridgehead atoms. The molecule has 3 heterocycles. The van der Waals surface area contributed by atoms with E-state index in [1.54, 1.807) is 13.0 Å². The van der Waals surface area contributed by atoms with Crippen molar-refractivity contribution < 1.29 is 14.3 Å². The Morgan fingerprint density at radius 1 is 1.21 bits per heavy atom. The van der Waals surface area contributed by atoms with Gasteiger partial charge in [-0.2, -0.15) is 0 Å². The van der Waals surface area contributed by atoms with Crippen molar-refractivity contribution in [2.75, 3.05) is 6.61 Å². The van der Waals surface area contributed by atoms with Gasteiger partial charge in [0, 0.05) is 29.9 Å². The predicted octanol–water partition coefficient (Wildman–Crippen LogP) is 2.54. The van der Waals surface area contributed by atoms with Crippen LogP contribution in [0.25, 0.3) is 0 Å². The van der Waals surface area contributed by atoms with Crippen molar-refractivity contribution in [1.82, 2.24) is 9.88 Å². The van der Waals surface area contributed by atoms with Crippen molar-refractivity contribution in [2.24, 2.45) is 5.41 Å². The van der Waals surface area contributed by atoms with Gasteiger partial charge in [0.2, 0.25) is 5.56 Å². The van der Waals surface area contributed by atoms with Crippen LogP contribution in [-0.2, 0) is 16.0 Å². The summed E-state index contributed by atoms with van der Waals surface area (Å²) < 4.78 is 5.48. The summed E-state index contributed by atoms with van der Waals surface area (Å²) in [6, 6.07) is 12.6. The molecule has 6 heteroatoms. The largest absolute Gasteiger partial charge is 0.465 e. The molecule has 2 aromatic rings. The summed E-state index contributed by atoms with van der Waals surface area (Å²) in [5.41, 5.74) is 0.377. The van der Waals surface area contributed by atoms with E-state index in [-0.39, 0.29) is 29.5 Å². The van der Waals surface area contributed by atoms with E-state index in [0.29, 0.717) is 25.0 Å². The number of carbonyl (C=O) groups excluding carboxylic acids is 2. The van der Waals surface area contributed by atoms with Gasteiger partial charge >= 0.3 is 5.97 Å². The molecule has 0 saturated carbocycles. The summed E-state index contributed by atoms with van der Waals surface area (Å²) in [6.45, 7) is 2.12. The van der Waals surface area contributed by atoms with Gasteiger partial charge in [0.25, 0.3) is 5.91 Å². The van der Waals surface area contributed by atoms with Crippen LogP contribution in [0.15, 0.2) is 53.5 Å². The fourth-order valence-corrected chi connectivity index (χ4v) is 4.93. The molecule has 2 aliphatic rings. The van der Waals surface area contributed by atoms with E-state index >= 15 is 0 Å². The van der Waals surface area contributed by atoms with Gasteiger partial charge < -0.3 is 14.6 Å². The van der Waals surface area contributed by atoms with Crippen LogP contribution in [0, 0.1) is 5.41 Å². The Kier molecular flexibility index (Phi) is 4.79. The number of benzene rings is 1. The molecule has 2 aliphatic heterocycles. The normalized spacial score (nSPS) is 25.7. The molecule has 1 aromatic heterocycles. The van der Waals surface area contributed by atoms with Crippen LogP contribution < -0.4 is 5.56 Å². The van der Waals surface area contributed by atoms with Crippen LogP contribution in [0.1, 0.15) is 42.1 Å². The second-order valence-corrected chi connectivity index (χ2v) is 7.64. The molecule has 0 radical (unpaired) electrons. The fraction of sp³-hybridized carbons (Fsp3) is 0.409. The zero-order valence-corrected chi connectivity index (χ0v) is 15.9. The summed E-state index contributed by atoms with van der Waals surface area (Å²) in [6.07, 6.45) is 4.27. The third-order valence-corrected chi connectivity index (χ3v) is 6.04. The number of esters is 1. The first kappa shape index (κ1) is 18.5. The average molecular weight is 380 g/mol. The van der Waals surface area contributed by atoms with E-state index < -0.39 is 5.41 Å². The Morgan fingerprint density at radius 3 is 2.71 bits per heavy atom. The number of aromatic amines is 1. The number of ether oxygens (including phenoxy) is 1. The van der Waals surface area contributed by atoms with E-state index in [4.69, 9.17) is 4.74 Å². The molecule has 0 aliphatic carbocycles. The van der Waals surface area contributed by atoms with E-state index in [2.05, 4.69) is 4.98 Å². The van der Waals surface area contributed by atoms with Crippen molar-refractivity contribution in [2.45, 2.75) is 44.7 Å². The smallest absolute Gasteiger partial charge is 0.314 e. The van der Waals surface area contributed by atoms with Crippen molar-refractivity contribution in [3.05, 3.63) is 70.1 Å². The summed E-state index contributed by atoms with van der Waals surface area (Å²) >= 11 is 0. The number of hydrogen-bond donors (Lipinski definition) is 1. The van der Waals surface area contributed by atoms with Crippen molar-refractivity contribution >= 4 is 11.9 Å². The highest BCUT2D eigenvalue weighted by atomic mass is 16.5. The highest BCUT2D eigenvalue weighted by Crippen LogP contribution is 2.52. The first-order valence-corrected chi connectivity index (χ1v) is 9.78. The van der Waals surface area contributed by atoms with Gasteiger partial charge in [-0.1, -0.05) is 30.3 Å². The molecule has 0 spiro atoms. The minimum Gasteiger partial charge on any atom is -0.465 e. The van der Waals surface area contributed by atoms with Gasteiger partial charge in [-0.15, -0.1) is 0 Å². The Morgan fingerprint density at radius 2 is 2.00 bits per heavy atom. The Hall–Kier alpha value is -2.89. The zero-order valence-electron chi connectivity index (χ0n) is 15.9. The lowest BCUT2D eigenvalue weighted by Crippen LogP contribution is -2.47. The molecule has 1 aromatic carbocycles. The Bertz CT molecular complexity index is 939. The molecule has 2 saturated heterocycles. The monoisotopic (exact) mass is 380 g/mol. The van der Waals surface area contributed by atoms with Crippen molar-refractivity contribution in [3.63, 3.8) is 0 Å². The summed E-state index contributed by atoms with van der Waals surface area (Å²) in [5.74, 6) is -0.410. The van der Waals surface area contributed by atoms with E-state index in [9.17, 15) is 14.4 Å². The molecule has 28 heavy (non-hydrogen) atoms. The summed E-state index contributed by atoms with van der Waals surface area (Å²) in [4.78, 5) is 42.3. The van der Waals surface area contributed by atoms with E-state index in [1.165, 1.54) is 12.3 Å². The molecule has 146 valence electrons. The molecule has 0 unspecified atom stereocenters. The van der Waals surface area contributed by atoms with Crippen LogP contribution in [0.2, 0.25) is 0 Å². The van der Waals surface area contributed by atoms with Crippen molar-refractivity contribution in [3.8, 4) is 0 Å². The predicted molar refractivity (Wildman–Crippen MR) is 104 cm³/mol. The lowest BCUT2D eigenvalue weighted by atomic mass is 9.70. The number of rotatable bonds is 5. The number of fused-ring (bicyclic) bond motifs is 2. The molecular weight excluding hydrogens is 356 g/mol. The third kappa shape index (κ3) is 3.03. The lowest BCUT2D eigenvalue weighted by molar-refractivity contribution is -0.157. The molecular formula is C22H24N2O4. The highest BCUT2D eigenvalue weighted by molar-refractivity contribution is 5.96. The summed E-state index contributed by atoms with van der Waals surface area (Å²) in [5, 5.41) is 0. The van der Waals surface area contributed by atoms with E-state index in [0.717, 1.165) is 18.4 Å². The first-order valence-electron chi connectivity index (χ1n) is 9.78. The molecule has 4 rings (SSSR count). The minimum atomic E-state index is -0.739. The van der Waals surface area contributed by atoms with Crippen LogP contribution in [0.4, 0.5) is 0 Å². The number of nitrogens with zero attached hydrogens (tertiary/aromatic N) is 1. The molecule has 3 atom stereocenters. The first-order chi connectivity index (χ1) is 13.5. The Balaban J connectivity index is 1.70. The van der Waals surface area contributed by atoms with Gasteiger partial charge in [0.15, 0.2) is 0 Å². The second-order valence-electron chi connectivity index (χ2n) is 7.64.